The highest BCUT2D eigenvalue weighted by atomic mass is 16.5. The normalized spacial score (nSPS) is 10.9. The van der Waals surface area contributed by atoms with Gasteiger partial charge in [0, 0.05) is 71.1 Å². The summed E-state index contributed by atoms with van der Waals surface area (Å²) in [5.74, 6) is 11.6. The number of aliphatic hydroxyl groups is 1. The molecule has 2 amide bonds. The summed E-state index contributed by atoms with van der Waals surface area (Å²) >= 11 is 0. The van der Waals surface area contributed by atoms with E-state index in [1.54, 1.807) is 52.7 Å². The van der Waals surface area contributed by atoms with Crippen LogP contribution in [0, 0.1) is 23.7 Å². The Labute approximate surface area is 386 Å². The second-order valence-corrected chi connectivity index (χ2v) is 15.1. The van der Waals surface area contributed by atoms with Gasteiger partial charge in [0.25, 0.3) is 24.0 Å². The van der Waals surface area contributed by atoms with Crippen molar-refractivity contribution in [2.75, 3.05) is 27.9 Å². The number of hydrogen-bond acceptors (Lipinski definition) is 13. The number of amides is 2. The number of hydrogen-bond donors (Lipinski definition) is 5. The lowest BCUT2D eigenvalue weighted by Crippen LogP contribution is -2.34. The first-order valence-corrected chi connectivity index (χ1v) is 21.1. The molecule has 0 radical (unpaired) electrons. The van der Waals surface area contributed by atoms with Gasteiger partial charge in [0.05, 0.1) is 17.5 Å². The van der Waals surface area contributed by atoms with Gasteiger partial charge in [-0.05, 0) is 114 Å². The molecule has 0 saturated heterocycles. The van der Waals surface area contributed by atoms with Crippen LogP contribution in [0.15, 0.2) is 141 Å². The Hall–Kier alpha value is -9.78. The van der Waals surface area contributed by atoms with Crippen LogP contribution in [0.4, 0.5) is 34.4 Å². The summed E-state index contributed by atoms with van der Waals surface area (Å²) in [5, 5.41) is 31.6. The number of benzene rings is 4. The summed E-state index contributed by atoms with van der Waals surface area (Å²) in [6, 6.07) is 32.0. The lowest BCUT2D eigenvalue weighted by molar-refractivity contribution is -0.571. The summed E-state index contributed by atoms with van der Waals surface area (Å²) in [6.07, 6.45) is 10.6. The Kier molecular flexibility index (Phi) is 11.6. The minimum absolute atomic E-state index is 0.151. The molecular formula is C50H37N14O4+. The van der Waals surface area contributed by atoms with Crippen LogP contribution >= 0.6 is 0 Å². The van der Waals surface area contributed by atoms with Crippen molar-refractivity contribution >= 4 is 79.3 Å². The first-order valence-electron chi connectivity index (χ1n) is 21.1. The Bertz CT molecular complexity index is 3700. The maximum absolute atomic E-state index is 12.9. The Morgan fingerprint density at radius 2 is 1.35 bits per heavy atom. The fourth-order valence-electron chi connectivity index (χ4n) is 7.50. The van der Waals surface area contributed by atoms with Crippen LogP contribution in [0.25, 0.3) is 38.8 Å². The molecule has 330 valence electrons. The van der Waals surface area contributed by atoms with Crippen LogP contribution in [0.5, 0.6) is 11.5 Å². The predicted octanol–water partition coefficient (Wildman–Crippen LogP) is 6.70. The molecule has 10 rings (SSSR count). The highest BCUT2D eigenvalue weighted by Gasteiger charge is 2.21. The number of nitrogens with zero attached hydrogens (tertiary/aromatic N) is 10. The van der Waals surface area contributed by atoms with Crippen molar-refractivity contribution in [3.8, 4) is 40.9 Å². The standard InChI is InChI=1S/C50H36N14O4/c1-2-5-47(66)58-35-11-15-42-40(24-35)49(54-28-51-42)61-37-8-7-33(22-32-17-19-63-45(23-32)52-29-56-63)44(26-37)62-31-55-50(41-25-36(12-16-43(41)62)59-48(67)6-3-4-21-65)60-34-9-13-38(14-10-34)68-39-18-20-64-46(27-39)53-30-57-64/h7-20,23-31,65H,4,21-22H2,1H3,(H3,51,54,58,59,61,66,67)/p+1. The average Bonchev–Trinajstić information content (AvgIpc) is 4.03. The van der Waals surface area contributed by atoms with E-state index in [2.05, 4.69) is 75.1 Å². The van der Waals surface area contributed by atoms with Crippen molar-refractivity contribution in [2.24, 2.45) is 0 Å². The molecule has 18 nitrogen and oxygen atoms in total. The molecule has 0 unspecified atom stereocenters. The molecule has 68 heavy (non-hydrogen) atoms. The largest absolute Gasteiger partial charge is 0.457 e. The number of rotatable bonds is 12. The number of aromatic nitrogens is 10. The highest BCUT2D eigenvalue weighted by Crippen LogP contribution is 2.32. The van der Waals surface area contributed by atoms with E-state index in [0.717, 1.165) is 28.0 Å². The van der Waals surface area contributed by atoms with Crippen molar-refractivity contribution in [1.82, 2.24) is 44.1 Å². The minimum atomic E-state index is -0.519. The van der Waals surface area contributed by atoms with Crippen LogP contribution in [-0.2, 0) is 16.0 Å². The van der Waals surface area contributed by atoms with Crippen molar-refractivity contribution in [3.63, 3.8) is 0 Å². The molecule has 6 aromatic heterocycles. The second kappa shape index (κ2) is 18.7. The van der Waals surface area contributed by atoms with E-state index < -0.39 is 11.8 Å². The minimum Gasteiger partial charge on any atom is -0.457 e. The molecule has 10 aromatic rings. The molecule has 0 aliphatic carbocycles. The molecule has 5 N–H and O–H groups in total. The SMILES string of the molecule is CC#CC(=O)Nc1ccc2ncnc(Nc3ccc(Cc4ccn5ncnc5c4)c(-[n+]4cnc(Nc5ccc(Oc6ccn7ncnc7c6)cc5)c5cc(NC(=O)C#CCCO)ccc54)c3)c2c1. The summed E-state index contributed by atoms with van der Waals surface area (Å²) in [4.78, 5) is 47.9. The fourth-order valence-corrected chi connectivity index (χ4v) is 7.50. The summed E-state index contributed by atoms with van der Waals surface area (Å²) in [7, 11) is 0. The zero-order chi connectivity index (χ0) is 46.4. The summed E-state index contributed by atoms with van der Waals surface area (Å²) in [5.41, 5.74) is 8.04. The van der Waals surface area contributed by atoms with E-state index in [0.29, 0.717) is 74.2 Å². The maximum Gasteiger partial charge on any atom is 0.300 e. The van der Waals surface area contributed by atoms with E-state index in [4.69, 9.17) is 9.72 Å². The molecule has 0 aliphatic heterocycles. The number of pyridine rings is 2. The number of fused-ring (bicyclic) bond motifs is 4. The first kappa shape index (κ1) is 42.2. The predicted molar refractivity (Wildman–Crippen MR) is 255 cm³/mol. The number of aliphatic hydroxyl groups excluding tert-OH is 1. The highest BCUT2D eigenvalue weighted by molar-refractivity contribution is 6.06. The summed E-state index contributed by atoms with van der Waals surface area (Å²) in [6.45, 7) is 1.45. The molecule has 6 heterocycles. The smallest absolute Gasteiger partial charge is 0.300 e. The quantitative estimate of drug-likeness (QED) is 0.0639. The Morgan fingerprint density at radius 3 is 2.15 bits per heavy atom. The molecule has 0 saturated carbocycles. The monoisotopic (exact) mass is 897 g/mol. The van der Waals surface area contributed by atoms with Gasteiger partial charge < -0.3 is 31.1 Å². The van der Waals surface area contributed by atoms with Crippen molar-refractivity contribution < 1.29 is 24.0 Å². The third-order valence-electron chi connectivity index (χ3n) is 10.6. The molecule has 0 aliphatic rings. The molecule has 0 spiro atoms. The number of nitrogens with one attached hydrogen (secondary N) is 4. The average molecular weight is 898 g/mol. The number of ether oxygens (including phenoxy) is 1. The van der Waals surface area contributed by atoms with E-state index in [-0.39, 0.29) is 13.0 Å². The molecule has 0 atom stereocenters. The van der Waals surface area contributed by atoms with E-state index in [1.165, 1.54) is 19.0 Å². The van der Waals surface area contributed by atoms with Gasteiger partial charge in [-0.3, -0.25) is 9.59 Å². The molecular weight excluding hydrogens is 861 g/mol. The van der Waals surface area contributed by atoms with E-state index >= 15 is 0 Å². The molecule has 18 heteroatoms. The number of carbonyl (C=O) groups excluding carboxylic acids is 2. The maximum atomic E-state index is 12.9. The van der Waals surface area contributed by atoms with Crippen LogP contribution < -0.4 is 30.6 Å². The molecule has 0 bridgehead atoms. The Morgan fingerprint density at radius 1 is 0.662 bits per heavy atom. The molecule has 0 fully saturated rings. The van der Waals surface area contributed by atoms with Gasteiger partial charge in [-0.15, -0.1) is 0 Å². The van der Waals surface area contributed by atoms with Crippen molar-refractivity contribution in [2.45, 2.75) is 19.8 Å². The lowest BCUT2D eigenvalue weighted by atomic mass is 10.0. The fraction of sp³-hybridized carbons (Fsp3) is 0.0800. The van der Waals surface area contributed by atoms with Crippen LogP contribution in [0.2, 0.25) is 0 Å². The van der Waals surface area contributed by atoms with Crippen LogP contribution in [-0.4, -0.2) is 67.7 Å². The number of anilines is 6. The zero-order valence-electron chi connectivity index (χ0n) is 36.0. The van der Waals surface area contributed by atoms with Gasteiger partial charge in [0.1, 0.15) is 47.5 Å². The third-order valence-corrected chi connectivity index (χ3v) is 10.6. The van der Waals surface area contributed by atoms with E-state index in [9.17, 15) is 14.7 Å². The van der Waals surface area contributed by atoms with Gasteiger partial charge >= 0.3 is 0 Å². The Balaban J connectivity index is 1.04. The van der Waals surface area contributed by atoms with Crippen molar-refractivity contribution in [1.29, 1.82) is 0 Å². The number of carbonyl (C=O) groups is 2. The lowest BCUT2D eigenvalue weighted by Gasteiger charge is -2.15. The van der Waals surface area contributed by atoms with Gasteiger partial charge in [0.2, 0.25) is 0 Å². The second-order valence-electron chi connectivity index (χ2n) is 15.1. The molecule has 4 aromatic carbocycles. The van der Waals surface area contributed by atoms with Gasteiger partial charge in [-0.1, -0.05) is 17.9 Å². The zero-order valence-corrected chi connectivity index (χ0v) is 36.0. The third kappa shape index (κ3) is 9.24. The van der Waals surface area contributed by atoms with Gasteiger partial charge in [-0.2, -0.15) is 14.8 Å². The topological polar surface area (TPSA) is 215 Å². The van der Waals surface area contributed by atoms with E-state index in [1.807, 2.05) is 89.6 Å². The van der Waals surface area contributed by atoms with Gasteiger partial charge in [0.15, 0.2) is 11.3 Å². The summed E-state index contributed by atoms with van der Waals surface area (Å²) < 4.78 is 11.5. The van der Waals surface area contributed by atoms with Gasteiger partial charge in [-0.25, -0.2) is 29.0 Å². The van der Waals surface area contributed by atoms with Crippen LogP contribution in [0.1, 0.15) is 24.5 Å². The van der Waals surface area contributed by atoms with Crippen LogP contribution in [0.3, 0.4) is 0 Å². The van der Waals surface area contributed by atoms with Crippen molar-refractivity contribution in [3.05, 3.63) is 152 Å². The first-order chi connectivity index (χ1) is 33.3.